The normalized spacial score (nSPS) is 15.6. The first kappa shape index (κ1) is 19.8. The minimum Gasteiger partial charge on any atom is -0.350 e. The highest BCUT2D eigenvalue weighted by atomic mass is 16.2. The van der Waals surface area contributed by atoms with Crippen molar-refractivity contribution >= 4 is 11.7 Å². The lowest BCUT2D eigenvalue weighted by Gasteiger charge is -2.19. The van der Waals surface area contributed by atoms with Crippen molar-refractivity contribution in [1.82, 2.24) is 14.8 Å². The average Bonchev–Trinajstić information content (AvgIpc) is 3.46. The summed E-state index contributed by atoms with van der Waals surface area (Å²) >= 11 is 0. The molecule has 0 bridgehead atoms. The Bertz CT molecular complexity index is 1280. The molecule has 1 atom stereocenters. The molecule has 0 aliphatic carbocycles. The van der Waals surface area contributed by atoms with E-state index in [0.717, 1.165) is 33.8 Å². The van der Waals surface area contributed by atoms with Gasteiger partial charge in [0.1, 0.15) is 0 Å². The van der Waals surface area contributed by atoms with Gasteiger partial charge in [-0.15, -0.1) is 0 Å². The Kier molecular flexibility index (Phi) is 5.03. The molecule has 0 radical (unpaired) electrons. The van der Waals surface area contributed by atoms with Gasteiger partial charge in [0.2, 0.25) is 0 Å². The number of nitrogens with zero attached hydrogens (tertiary/aromatic N) is 4. The molecule has 1 unspecified atom stereocenters. The van der Waals surface area contributed by atoms with E-state index in [2.05, 4.69) is 5.10 Å². The number of carbonyl (C=O) groups is 1. The second-order valence-corrected chi connectivity index (χ2v) is 7.89. The predicted octanol–water partition coefficient (Wildman–Crippen LogP) is 5.08. The summed E-state index contributed by atoms with van der Waals surface area (Å²) in [5, 5.41) is 10.9. The summed E-state index contributed by atoms with van der Waals surface area (Å²) in [6.45, 7) is 2.04. The number of benzene rings is 3. The van der Waals surface area contributed by atoms with Crippen molar-refractivity contribution in [2.75, 3.05) is 0 Å². The van der Waals surface area contributed by atoms with Crippen molar-refractivity contribution in [1.29, 1.82) is 0 Å². The van der Waals surface area contributed by atoms with Gasteiger partial charge in [0.15, 0.2) is 0 Å². The fourth-order valence-electron chi connectivity index (χ4n) is 4.04. The van der Waals surface area contributed by atoms with Crippen molar-refractivity contribution in [3.8, 4) is 16.9 Å². The molecule has 0 fully saturated rings. The number of urea groups is 1. The zero-order valence-corrected chi connectivity index (χ0v) is 17.7. The summed E-state index contributed by atoms with van der Waals surface area (Å²) < 4.78 is 1.85. The van der Waals surface area contributed by atoms with Crippen LogP contribution < -0.4 is 5.73 Å². The van der Waals surface area contributed by atoms with Crippen LogP contribution in [0.3, 0.4) is 0 Å². The third-order valence-corrected chi connectivity index (χ3v) is 5.69. The quantitative estimate of drug-likeness (QED) is 0.499. The minimum absolute atomic E-state index is 0.337. The zero-order valence-electron chi connectivity index (χ0n) is 17.7. The van der Waals surface area contributed by atoms with E-state index in [1.165, 1.54) is 10.6 Å². The van der Waals surface area contributed by atoms with Gasteiger partial charge in [-0.1, -0.05) is 78.4 Å². The number of hydrazone groups is 1. The molecule has 32 heavy (non-hydrogen) atoms. The van der Waals surface area contributed by atoms with Crippen LogP contribution in [0.2, 0.25) is 0 Å². The number of hydrogen-bond donors (Lipinski definition) is 1. The molecule has 2 heterocycles. The third kappa shape index (κ3) is 3.67. The van der Waals surface area contributed by atoms with E-state index >= 15 is 0 Å². The van der Waals surface area contributed by atoms with E-state index < -0.39 is 6.03 Å². The molecule has 0 spiro atoms. The van der Waals surface area contributed by atoms with Crippen LogP contribution in [0, 0.1) is 6.92 Å². The standard InChI is InChI=1S/C26H23N5O/c1-18-12-14-19(15-13-18)23-16-24(31(28-23)26(27)32)22-17-30(21-10-6-3-7-11-21)29-25(22)20-8-4-2-5-9-20/h2-15,17,24H,16H2,1H3,(H2,27,32). The van der Waals surface area contributed by atoms with Gasteiger partial charge in [0.05, 0.1) is 23.1 Å². The molecule has 0 saturated carbocycles. The van der Waals surface area contributed by atoms with Crippen LogP contribution in [-0.2, 0) is 0 Å². The number of aromatic nitrogens is 2. The molecule has 0 saturated heterocycles. The van der Waals surface area contributed by atoms with Crippen molar-refractivity contribution in [3.05, 3.63) is 108 Å². The lowest BCUT2D eigenvalue weighted by Crippen LogP contribution is -2.32. The lowest BCUT2D eigenvalue weighted by atomic mass is 9.96. The summed E-state index contributed by atoms with van der Waals surface area (Å²) in [6, 6.07) is 27.1. The molecule has 2 amide bonds. The van der Waals surface area contributed by atoms with Gasteiger partial charge < -0.3 is 5.73 Å². The number of hydrogen-bond acceptors (Lipinski definition) is 3. The van der Waals surface area contributed by atoms with E-state index in [0.29, 0.717) is 6.42 Å². The number of nitrogens with two attached hydrogens (primary N) is 1. The monoisotopic (exact) mass is 421 g/mol. The first-order chi connectivity index (χ1) is 15.6. The SMILES string of the molecule is Cc1ccc(C2=NN(C(N)=O)C(c3cn(-c4ccccc4)nc3-c3ccccc3)C2)cc1. The molecule has 1 aliphatic heterocycles. The Morgan fingerprint density at radius 3 is 2.22 bits per heavy atom. The lowest BCUT2D eigenvalue weighted by molar-refractivity contribution is 0.196. The van der Waals surface area contributed by atoms with Gasteiger partial charge in [-0.25, -0.2) is 14.5 Å². The summed E-state index contributed by atoms with van der Waals surface area (Å²) in [7, 11) is 0. The van der Waals surface area contributed by atoms with Gasteiger partial charge in [-0.05, 0) is 24.6 Å². The second-order valence-electron chi connectivity index (χ2n) is 7.89. The van der Waals surface area contributed by atoms with Crippen LogP contribution in [0.4, 0.5) is 4.79 Å². The molecule has 6 nitrogen and oxygen atoms in total. The van der Waals surface area contributed by atoms with E-state index in [-0.39, 0.29) is 6.04 Å². The van der Waals surface area contributed by atoms with E-state index in [1.807, 2.05) is 103 Å². The molecule has 3 aromatic carbocycles. The van der Waals surface area contributed by atoms with Crippen LogP contribution in [-0.4, -0.2) is 26.5 Å². The van der Waals surface area contributed by atoms with E-state index in [4.69, 9.17) is 10.8 Å². The Hall–Kier alpha value is -4.19. The summed E-state index contributed by atoms with van der Waals surface area (Å²) in [6.07, 6.45) is 2.54. The Labute approximate surface area is 186 Å². The summed E-state index contributed by atoms with van der Waals surface area (Å²) in [5.41, 5.74) is 12.4. The smallest absolute Gasteiger partial charge is 0.335 e. The summed E-state index contributed by atoms with van der Waals surface area (Å²) in [5.74, 6) is 0. The van der Waals surface area contributed by atoms with Crippen LogP contribution in [0.25, 0.3) is 16.9 Å². The maximum Gasteiger partial charge on any atom is 0.335 e. The molecule has 158 valence electrons. The summed E-state index contributed by atoms with van der Waals surface area (Å²) in [4.78, 5) is 12.4. The highest BCUT2D eigenvalue weighted by Gasteiger charge is 2.35. The Morgan fingerprint density at radius 1 is 0.906 bits per heavy atom. The Balaban J connectivity index is 1.60. The third-order valence-electron chi connectivity index (χ3n) is 5.69. The number of carbonyl (C=O) groups excluding carboxylic acids is 1. The maximum atomic E-state index is 12.4. The average molecular weight is 422 g/mol. The first-order valence-electron chi connectivity index (χ1n) is 10.5. The number of amides is 2. The highest BCUT2D eigenvalue weighted by Crippen LogP contribution is 2.38. The van der Waals surface area contributed by atoms with Crippen LogP contribution in [0.15, 0.2) is 96.2 Å². The molecule has 6 heteroatoms. The van der Waals surface area contributed by atoms with Crippen molar-refractivity contribution in [3.63, 3.8) is 0 Å². The van der Waals surface area contributed by atoms with Gasteiger partial charge in [0, 0.05) is 23.7 Å². The van der Waals surface area contributed by atoms with Crippen molar-refractivity contribution in [2.24, 2.45) is 10.8 Å². The van der Waals surface area contributed by atoms with Crippen LogP contribution in [0.1, 0.15) is 29.2 Å². The van der Waals surface area contributed by atoms with Crippen molar-refractivity contribution < 1.29 is 4.79 Å². The van der Waals surface area contributed by atoms with Crippen LogP contribution in [0.5, 0.6) is 0 Å². The molecule has 1 aliphatic rings. The molecule has 2 N–H and O–H groups in total. The number of primary amides is 1. The largest absolute Gasteiger partial charge is 0.350 e. The van der Waals surface area contributed by atoms with E-state index in [1.54, 1.807) is 0 Å². The number of aryl methyl sites for hydroxylation is 1. The van der Waals surface area contributed by atoms with Gasteiger partial charge in [-0.2, -0.15) is 10.2 Å². The van der Waals surface area contributed by atoms with E-state index in [9.17, 15) is 4.79 Å². The molecular formula is C26H23N5O. The highest BCUT2D eigenvalue weighted by molar-refractivity contribution is 6.03. The van der Waals surface area contributed by atoms with Crippen LogP contribution >= 0.6 is 0 Å². The van der Waals surface area contributed by atoms with Gasteiger partial charge >= 0.3 is 6.03 Å². The maximum absolute atomic E-state index is 12.4. The molecule has 5 rings (SSSR count). The van der Waals surface area contributed by atoms with Crippen molar-refractivity contribution in [2.45, 2.75) is 19.4 Å². The first-order valence-corrected chi connectivity index (χ1v) is 10.5. The van der Waals surface area contributed by atoms with Gasteiger partial charge in [0.25, 0.3) is 0 Å². The Morgan fingerprint density at radius 2 is 1.56 bits per heavy atom. The topological polar surface area (TPSA) is 76.5 Å². The predicted molar refractivity (Wildman–Crippen MR) is 125 cm³/mol. The second kappa shape index (κ2) is 8.15. The molecule has 1 aromatic heterocycles. The fraction of sp³-hybridized carbons (Fsp3) is 0.115. The van der Waals surface area contributed by atoms with Gasteiger partial charge in [-0.3, -0.25) is 0 Å². The minimum atomic E-state index is -0.580. The zero-order chi connectivity index (χ0) is 22.1. The molecular weight excluding hydrogens is 398 g/mol. The molecule has 4 aromatic rings. The number of rotatable bonds is 4. The number of para-hydroxylation sites is 1. The fourth-order valence-corrected chi connectivity index (χ4v) is 4.04.